The number of carbonyl (C=O) groups excluding carboxylic acids is 2. The maximum absolute atomic E-state index is 12.9. The van der Waals surface area contributed by atoms with Crippen molar-refractivity contribution in [3.05, 3.63) is 0 Å². The van der Waals surface area contributed by atoms with E-state index < -0.39 is 6.04 Å². The van der Waals surface area contributed by atoms with E-state index in [1.165, 1.54) is 141 Å². The minimum Gasteiger partial charge on any atom is -0.379 e. The third-order valence-electron chi connectivity index (χ3n) is 9.35. The van der Waals surface area contributed by atoms with E-state index in [0.29, 0.717) is 32.7 Å². The molecule has 1 fully saturated rings. The maximum Gasteiger partial charge on any atom is 0.242 e. The van der Waals surface area contributed by atoms with Gasteiger partial charge in [-0.25, -0.2) is 0 Å². The zero-order chi connectivity index (χ0) is 32.6. The van der Waals surface area contributed by atoms with E-state index in [1.54, 1.807) is 4.90 Å². The summed E-state index contributed by atoms with van der Waals surface area (Å²) < 4.78 is 12.2. The lowest BCUT2D eigenvalue weighted by atomic mass is 10.1. The molecular formula is C38H76ClN3O4. The van der Waals surface area contributed by atoms with E-state index in [0.717, 1.165) is 25.9 Å². The summed E-state index contributed by atoms with van der Waals surface area (Å²) in [6, 6.07) is -0.417. The molecule has 1 rings (SSSR count). The molecule has 0 spiro atoms. The summed E-state index contributed by atoms with van der Waals surface area (Å²) in [4.78, 5) is 26.7. The average Bonchev–Trinajstić information content (AvgIpc) is 3.55. The van der Waals surface area contributed by atoms with Gasteiger partial charge in [-0.15, -0.1) is 12.4 Å². The van der Waals surface area contributed by atoms with Crippen molar-refractivity contribution < 1.29 is 19.1 Å². The Hall–Kier alpha value is -0.890. The quantitative estimate of drug-likeness (QED) is 0.0677. The van der Waals surface area contributed by atoms with Gasteiger partial charge >= 0.3 is 0 Å². The molecule has 7 nitrogen and oxygen atoms in total. The Morgan fingerprint density at radius 3 is 1.59 bits per heavy atom. The minimum atomic E-state index is -0.417. The number of nitrogens with zero attached hydrogens (tertiary/aromatic N) is 1. The Kier molecular flexibility index (Phi) is 33.3. The highest BCUT2D eigenvalue weighted by atomic mass is 35.5. The molecule has 3 N–H and O–H groups in total. The summed E-state index contributed by atoms with van der Waals surface area (Å²) in [5, 5.41) is 3.05. The molecule has 1 saturated heterocycles. The largest absolute Gasteiger partial charge is 0.379 e. The Bertz CT molecular complexity index is 684. The SMILES string of the molecule is CCCCCCCCCCCCCCOCC(CNC(=O)[C@@H]1CCCN1C(=O)CN)OCCCCCCCCCCCCCC.Cl. The molecule has 1 aliphatic rings. The second-order valence-corrected chi connectivity index (χ2v) is 13.5. The number of hydrogen-bond acceptors (Lipinski definition) is 5. The van der Waals surface area contributed by atoms with Gasteiger partial charge < -0.3 is 25.4 Å². The van der Waals surface area contributed by atoms with Crippen LogP contribution in [0.4, 0.5) is 0 Å². The fraction of sp³-hybridized carbons (Fsp3) is 0.947. The molecule has 1 unspecified atom stereocenters. The first-order chi connectivity index (χ1) is 22.1. The Labute approximate surface area is 291 Å². The predicted octanol–water partition coefficient (Wildman–Crippen LogP) is 9.28. The normalized spacial score (nSPS) is 15.2. The number of carbonyl (C=O) groups is 2. The molecule has 0 radical (unpaired) electrons. The zero-order valence-corrected chi connectivity index (χ0v) is 31.2. The Balaban J connectivity index is 0.0000202. The molecule has 0 bridgehead atoms. The molecule has 46 heavy (non-hydrogen) atoms. The van der Waals surface area contributed by atoms with Gasteiger partial charge in [-0.3, -0.25) is 9.59 Å². The van der Waals surface area contributed by atoms with Crippen LogP contribution in [0.25, 0.3) is 0 Å². The molecule has 0 aromatic heterocycles. The van der Waals surface area contributed by atoms with Gasteiger partial charge in [0.25, 0.3) is 0 Å². The van der Waals surface area contributed by atoms with Crippen molar-refractivity contribution in [3.8, 4) is 0 Å². The van der Waals surface area contributed by atoms with Crippen LogP contribution in [0.15, 0.2) is 0 Å². The van der Waals surface area contributed by atoms with E-state index in [4.69, 9.17) is 15.2 Å². The summed E-state index contributed by atoms with van der Waals surface area (Å²) in [6.45, 7) is 7.45. The van der Waals surface area contributed by atoms with Crippen molar-refractivity contribution in [1.29, 1.82) is 0 Å². The molecule has 0 aromatic rings. The van der Waals surface area contributed by atoms with Crippen molar-refractivity contribution in [3.63, 3.8) is 0 Å². The number of likely N-dealkylation sites (tertiary alicyclic amines) is 1. The van der Waals surface area contributed by atoms with Gasteiger partial charge in [-0.2, -0.15) is 0 Å². The second-order valence-electron chi connectivity index (χ2n) is 13.5. The number of nitrogens with two attached hydrogens (primary N) is 1. The van der Waals surface area contributed by atoms with Gasteiger partial charge in [-0.1, -0.05) is 155 Å². The topological polar surface area (TPSA) is 93.9 Å². The van der Waals surface area contributed by atoms with Crippen molar-refractivity contribution >= 4 is 24.2 Å². The van der Waals surface area contributed by atoms with Gasteiger partial charge in [0.2, 0.25) is 11.8 Å². The molecule has 0 saturated carbocycles. The molecule has 1 aliphatic heterocycles. The van der Waals surface area contributed by atoms with Gasteiger partial charge in [0.15, 0.2) is 0 Å². The summed E-state index contributed by atoms with van der Waals surface area (Å²) in [5.41, 5.74) is 5.56. The summed E-state index contributed by atoms with van der Waals surface area (Å²) >= 11 is 0. The molecule has 274 valence electrons. The van der Waals surface area contributed by atoms with Crippen LogP contribution in [0.5, 0.6) is 0 Å². The number of rotatable bonds is 33. The number of amides is 2. The van der Waals surface area contributed by atoms with E-state index in [1.807, 2.05) is 0 Å². The number of halogens is 1. The summed E-state index contributed by atoms with van der Waals surface area (Å²) in [7, 11) is 0. The van der Waals surface area contributed by atoms with Gasteiger partial charge in [-0.05, 0) is 25.7 Å². The zero-order valence-electron chi connectivity index (χ0n) is 30.3. The van der Waals surface area contributed by atoms with E-state index in [9.17, 15) is 9.59 Å². The summed E-state index contributed by atoms with van der Waals surface area (Å²) in [5.74, 6) is -0.257. The number of ether oxygens (including phenoxy) is 2. The van der Waals surface area contributed by atoms with Crippen LogP contribution in [0.3, 0.4) is 0 Å². The number of unbranched alkanes of at least 4 members (excludes halogenated alkanes) is 22. The predicted molar refractivity (Wildman–Crippen MR) is 197 cm³/mol. The molecule has 0 aromatic carbocycles. The van der Waals surface area contributed by atoms with E-state index in [2.05, 4.69) is 19.2 Å². The fourth-order valence-corrected chi connectivity index (χ4v) is 6.41. The number of hydrogen-bond donors (Lipinski definition) is 2. The second kappa shape index (κ2) is 34.0. The maximum atomic E-state index is 12.9. The first kappa shape index (κ1) is 45.1. The first-order valence-corrected chi connectivity index (χ1v) is 19.6. The van der Waals surface area contributed by atoms with Crippen LogP contribution in [0.1, 0.15) is 181 Å². The van der Waals surface area contributed by atoms with Gasteiger partial charge in [0, 0.05) is 26.3 Å². The summed E-state index contributed by atoms with van der Waals surface area (Å²) in [6.07, 6.45) is 33.2. The van der Waals surface area contributed by atoms with Crippen molar-refractivity contribution in [2.45, 2.75) is 193 Å². The van der Waals surface area contributed by atoms with Crippen molar-refractivity contribution in [2.75, 3.05) is 39.5 Å². The molecule has 0 aliphatic carbocycles. The van der Waals surface area contributed by atoms with Crippen LogP contribution >= 0.6 is 12.4 Å². The lowest BCUT2D eigenvalue weighted by molar-refractivity contribution is -0.137. The monoisotopic (exact) mass is 674 g/mol. The molecule has 1 heterocycles. The first-order valence-electron chi connectivity index (χ1n) is 19.6. The lowest BCUT2D eigenvalue weighted by Crippen LogP contribution is -2.49. The highest BCUT2D eigenvalue weighted by Crippen LogP contribution is 2.18. The Morgan fingerprint density at radius 2 is 1.13 bits per heavy atom. The van der Waals surface area contributed by atoms with Crippen molar-refractivity contribution in [2.24, 2.45) is 5.73 Å². The van der Waals surface area contributed by atoms with Crippen LogP contribution in [-0.4, -0.2) is 68.3 Å². The van der Waals surface area contributed by atoms with E-state index in [-0.39, 0.29) is 36.9 Å². The molecule has 2 amide bonds. The van der Waals surface area contributed by atoms with Crippen LogP contribution in [-0.2, 0) is 19.1 Å². The molecule has 2 atom stereocenters. The molecule has 8 heteroatoms. The Morgan fingerprint density at radius 1 is 0.696 bits per heavy atom. The number of nitrogens with one attached hydrogen (secondary N) is 1. The average molecular weight is 674 g/mol. The van der Waals surface area contributed by atoms with Gasteiger partial charge in [0.1, 0.15) is 6.04 Å². The smallest absolute Gasteiger partial charge is 0.242 e. The van der Waals surface area contributed by atoms with Crippen LogP contribution < -0.4 is 11.1 Å². The minimum absolute atomic E-state index is 0. The fourth-order valence-electron chi connectivity index (χ4n) is 6.41. The lowest BCUT2D eigenvalue weighted by Gasteiger charge is -2.25. The third-order valence-corrected chi connectivity index (χ3v) is 9.35. The van der Waals surface area contributed by atoms with Crippen molar-refractivity contribution in [1.82, 2.24) is 10.2 Å². The van der Waals surface area contributed by atoms with Crippen LogP contribution in [0, 0.1) is 0 Å². The highest BCUT2D eigenvalue weighted by Gasteiger charge is 2.33. The van der Waals surface area contributed by atoms with Gasteiger partial charge in [0.05, 0.1) is 19.3 Å². The highest BCUT2D eigenvalue weighted by molar-refractivity contribution is 5.88. The van der Waals surface area contributed by atoms with Crippen LogP contribution in [0.2, 0.25) is 0 Å². The molecular weight excluding hydrogens is 598 g/mol. The standard InChI is InChI=1S/C38H75N3O4.ClH/c1-3-5-7-9-11-13-15-17-19-21-23-25-30-44-34-35(33-40-38(43)36-28-27-29-41(36)37(42)32-39)45-31-26-24-22-20-18-16-14-12-10-8-6-4-2;/h35-36H,3-34,39H2,1-2H3,(H,40,43);1H/t35?,36-;/m0./s1. The van der Waals surface area contributed by atoms with E-state index >= 15 is 0 Å². The third kappa shape index (κ3) is 25.2.